The number of anilines is 1. The first kappa shape index (κ1) is 15.4. The van der Waals surface area contributed by atoms with Crippen molar-refractivity contribution in [2.24, 2.45) is 0 Å². The topological polar surface area (TPSA) is 112 Å². The predicted octanol–water partition coefficient (Wildman–Crippen LogP) is 1.14. The molecule has 3 aliphatic rings. The van der Waals surface area contributed by atoms with E-state index in [1.807, 2.05) is 0 Å². The highest BCUT2D eigenvalue weighted by molar-refractivity contribution is 7.16. The molecule has 3 N–H and O–H groups in total. The van der Waals surface area contributed by atoms with Crippen LogP contribution in [0.4, 0.5) is 9.93 Å². The molecule has 9 heteroatoms. The number of carbonyl (C=O) groups excluding carboxylic acids is 2. The number of hydrogen-bond acceptors (Lipinski definition) is 5. The third-order valence-corrected chi connectivity index (χ3v) is 6.05. The Morgan fingerprint density at radius 2 is 2.21 bits per heavy atom. The second-order valence-electron chi connectivity index (χ2n) is 6.47. The summed E-state index contributed by atoms with van der Waals surface area (Å²) in [6, 6.07) is -0.616. The summed E-state index contributed by atoms with van der Waals surface area (Å²) in [5.74, 6) is -1.74. The van der Waals surface area contributed by atoms with Gasteiger partial charge >= 0.3 is 12.0 Å². The summed E-state index contributed by atoms with van der Waals surface area (Å²) in [5.41, 5.74) is 0.567. The number of carboxylic acid groups (broad SMARTS) is 1. The van der Waals surface area contributed by atoms with Gasteiger partial charge in [0.2, 0.25) is 5.91 Å². The molecule has 2 aliphatic heterocycles. The number of aliphatic carboxylic acids is 1. The summed E-state index contributed by atoms with van der Waals surface area (Å²) in [4.78, 5) is 42.7. The maximum Gasteiger partial charge on any atom is 0.318 e. The number of hydrogen-bond donors (Lipinski definition) is 3. The normalized spacial score (nSPS) is 28.2. The highest BCUT2D eigenvalue weighted by atomic mass is 32.1. The lowest BCUT2D eigenvalue weighted by atomic mass is 10.0. The summed E-state index contributed by atoms with van der Waals surface area (Å²) >= 11 is 1.33. The van der Waals surface area contributed by atoms with Gasteiger partial charge in [-0.25, -0.2) is 9.78 Å². The van der Waals surface area contributed by atoms with Crippen LogP contribution in [0.25, 0.3) is 0 Å². The number of fused-ring (bicyclic) bond motifs is 2. The van der Waals surface area contributed by atoms with Gasteiger partial charge in [-0.1, -0.05) is 0 Å². The Bertz CT molecular complexity index is 718. The van der Waals surface area contributed by atoms with E-state index in [4.69, 9.17) is 0 Å². The van der Waals surface area contributed by atoms with Gasteiger partial charge in [0.05, 0.1) is 5.69 Å². The second kappa shape index (κ2) is 5.73. The summed E-state index contributed by atoms with van der Waals surface area (Å²) in [5, 5.41) is 15.1. The summed E-state index contributed by atoms with van der Waals surface area (Å²) < 4.78 is 0. The van der Waals surface area contributed by atoms with Gasteiger partial charge in [0.25, 0.3) is 0 Å². The zero-order valence-corrected chi connectivity index (χ0v) is 13.8. The first-order valence-corrected chi connectivity index (χ1v) is 8.95. The molecular formula is C15H18N4O4S. The zero-order chi connectivity index (χ0) is 16.8. The van der Waals surface area contributed by atoms with E-state index in [-0.39, 0.29) is 18.0 Å². The molecule has 0 radical (unpaired) electrons. The lowest BCUT2D eigenvalue weighted by Gasteiger charge is -2.34. The number of nitrogens with zero attached hydrogens (tertiary/aromatic N) is 2. The predicted molar refractivity (Wildman–Crippen MR) is 86.1 cm³/mol. The quantitative estimate of drug-likeness (QED) is 0.757. The van der Waals surface area contributed by atoms with Gasteiger partial charge in [0.15, 0.2) is 5.13 Å². The van der Waals surface area contributed by atoms with E-state index in [1.54, 1.807) is 4.90 Å². The molecule has 1 aromatic rings. The molecule has 0 spiro atoms. The lowest BCUT2D eigenvalue weighted by molar-refractivity contribution is -0.138. The van der Waals surface area contributed by atoms with E-state index < -0.39 is 17.9 Å². The molecule has 24 heavy (non-hydrogen) atoms. The molecule has 0 bridgehead atoms. The van der Waals surface area contributed by atoms with Crippen molar-refractivity contribution < 1.29 is 19.5 Å². The standard InChI is InChI=1S/C15H18N4O4S/c20-12(9-6-7-2-1-5-19(7)15(23)16-9)18-14-17-11-8(13(21)22)3-4-10(11)24-14/h7-9H,1-6H2,(H,16,23)(H,21,22)(H,17,18,20)/t7-,8?,9-/m0/s1. The summed E-state index contributed by atoms with van der Waals surface area (Å²) in [6.45, 7) is 0.751. The first-order chi connectivity index (χ1) is 11.5. The van der Waals surface area contributed by atoms with Crippen molar-refractivity contribution in [3.8, 4) is 0 Å². The Labute approximate surface area is 142 Å². The molecule has 3 heterocycles. The average Bonchev–Trinajstić information content (AvgIpc) is 3.20. The fourth-order valence-electron chi connectivity index (χ4n) is 3.80. The third kappa shape index (κ3) is 2.52. The number of thiazole rings is 1. The lowest BCUT2D eigenvalue weighted by Crippen LogP contribution is -2.57. The van der Waals surface area contributed by atoms with E-state index in [2.05, 4.69) is 15.6 Å². The number of aromatic nitrogens is 1. The molecule has 0 aromatic carbocycles. The van der Waals surface area contributed by atoms with Gasteiger partial charge in [-0.05, 0) is 32.1 Å². The Morgan fingerprint density at radius 1 is 1.38 bits per heavy atom. The smallest absolute Gasteiger partial charge is 0.318 e. The third-order valence-electron chi connectivity index (χ3n) is 5.01. The van der Waals surface area contributed by atoms with Crippen LogP contribution < -0.4 is 10.6 Å². The number of rotatable bonds is 3. The average molecular weight is 350 g/mol. The van der Waals surface area contributed by atoms with Crippen LogP contribution in [0.15, 0.2) is 0 Å². The van der Waals surface area contributed by atoms with Crippen LogP contribution in [-0.2, 0) is 16.0 Å². The van der Waals surface area contributed by atoms with Gasteiger partial charge in [-0.3, -0.25) is 9.59 Å². The van der Waals surface area contributed by atoms with Gasteiger partial charge in [0, 0.05) is 17.5 Å². The molecule has 1 aliphatic carbocycles. The van der Waals surface area contributed by atoms with Crippen LogP contribution in [-0.4, -0.2) is 51.5 Å². The van der Waals surface area contributed by atoms with Crippen molar-refractivity contribution in [3.05, 3.63) is 10.6 Å². The van der Waals surface area contributed by atoms with Gasteiger partial charge in [0.1, 0.15) is 12.0 Å². The molecular weight excluding hydrogens is 332 g/mol. The van der Waals surface area contributed by atoms with Crippen molar-refractivity contribution in [1.82, 2.24) is 15.2 Å². The molecule has 128 valence electrons. The fraction of sp³-hybridized carbons (Fsp3) is 0.600. The van der Waals surface area contributed by atoms with E-state index in [0.29, 0.717) is 30.1 Å². The molecule has 2 fully saturated rings. The van der Waals surface area contributed by atoms with Crippen molar-refractivity contribution in [1.29, 1.82) is 0 Å². The van der Waals surface area contributed by atoms with Crippen LogP contribution in [0.1, 0.15) is 42.2 Å². The van der Waals surface area contributed by atoms with Crippen LogP contribution >= 0.6 is 11.3 Å². The molecule has 1 unspecified atom stereocenters. The van der Waals surface area contributed by atoms with Gasteiger partial charge < -0.3 is 20.6 Å². The molecule has 1 aromatic heterocycles. The number of nitrogens with one attached hydrogen (secondary N) is 2. The van der Waals surface area contributed by atoms with E-state index in [0.717, 1.165) is 24.3 Å². The highest BCUT2D eigenvalue weighted by Gasteiger charge is 2.39. The minimum absolute atomic E-state index is 0.132. The maximum absolute atomic E-state index is 12.4. The molecule has 3 atom stereocenters. The SMILES string of the molecule is O=C(O)C1CCc2sc(NC(=O)[C@@H]3C[C@@H]4CCCN4C(=O)N3)nc21. The minimum Gasteiger partial charge on any atom is -0.481 e. The Hall–Kier alpha value is -2.16. The van der Waals surface area contributed by atoms with Crippen molar-refractivity contribution in [2.75, 3.05) is 11.9 Å². The monoisotopic (exact) mass is 350 g/mol. The number of aryl methyl sites for hydroxylation is 1. The second-order valence-corrected chi connectivity index (χ2v) is 7.56. The van der Waals surface area contributed by atoms with E-state index in [1.165, 1.54) is 11.3 Å². The van der Waals surface area contributed by atoms with E-state index in [9.17, 15) is 19.5 Å². The van der Waals surface area contributed by atoms with Crippen molar-refractivity contribution >= 4 is 34.4 Å². The van der Waals surface area contributed by atoms with E-state index >= 15 is 0 Å². The number of urea groups is 1. The maximum atomic E-state index is 12.4. The molecule has 8 nitrogen and oxygen atoms in total. The fourth-order valence-corrected chi connectivity index (χ4v) is 4.84. The Kier molecular flexibility index (Phi) is 3.67. The van der Waals surface area contributed by atoms with Crippen molar-refractivity contribution in [3.63, 3.8) is 0 Å². The number of carboxylic acids is 1. The van der Waals surface area contributed by atoms with Gasteiger partial charge in [-0.2, -0.15) is 0 Å². The van der Waals surface area contributed by atoms with Crippen LogP contribution in [0.3, 0.4) is 0 Å². The Morgan fingerprint density at radius 3 is 3.00 bits per heavy atom. The minimum atomic E-state index is -0.877. The number of carbonyl (C=O) groups is 3. The molecule has 0 saturated carbocycles. The van der Waals surface area contributed by atoms with Crippen LogP contribution in [0, 0.1) is 0 Å². The molecule has 2 saturated heterocycles. The van der Waals surface area contributed by atoms with Crippen LogP contribution in [0.2, 0.25) is 0 Å². The van der Waals surface area contributed by atoms with Crippen molar-refractivity contribution in [2.45, 2.75) is 50.1 Å². The number of amides is 3. The Balaban J connectivity index is 1.44. The molecule has 4 rings (SSSR count). The highest BCUT2D eigenvalue weighted by Crippen LogP contribution is 2.38. The van der Waals surface area contributed by atoms with Crippen LogP contribution in [0.5, 0.6) is 0 Å². The van der Waals surface area contributed by atoms with Gasteiger partial charge in [-0.15, -0.1) is 11.3 Å². The first-order valence-electron chi connectivity index (χ1n) is 8.13. The summed E-state index contributed by atoms with van der Waals surface area (Å²) in [6.07, 6.45) is 3.75. The zero-order valence-electron chi connectivity index (χ0n) is 12.9. The largest absolute Gasteiger partial charge is 0.481 e. The summed E-state index contributed by atoms with van der Waals surface area (Å²) in [7, 11) is 0. The molecule has 3 amide bonds.